The van der Waals surface area contributed by atoms with Gasteiger partial charge in [0.1, 0.15) is 17.1 Å². The molecule has 0 bridgehead atoms. The summed E-state index contributed by atoms with van der Waals surface area (Å²) >= 11 is 5.22. The van der Waals surface area contributed by atoms with Gasteiger partial charge in [-0.3, -0.25) is 19.8 Å². The van der Waals surface area contributed by atoms with Crippen molar-refractivity contribution in [1.29, 1.82) is 0 Å². The number of anilines is 1. The second-order valence-electron chi connectivity index (χ2n) is 6.39. The van der Waals surface area contributed by atoms with Gasteiger partial charge in [0.2, 0.25) is 0 Å². The molecule has 144 valence electrons. The van der Waals surface area contributed by atoms with E-state index in [4.69, 9.17) is 17.0 Å². The van der Waals surface area contributed by atoms with Gasteiger partial charge in [-0.2, -0.15) is 0 Å². The molecule has 0 aliphatic carbocycles. The van der Waals surface area contributed by atoms with Crippen molar-refractivity contribution in [3.8, 4) is 11.5 Å². The first kappa shape index (κ1) is 19.6. The van der Waals surface area contributed by atoms with E-state index in [1.54, 1.807) is 50.2 Å². The Morgan fingerprint density at radius 2 is 1.86 bits per heavy atom. The molecule has 6 nitrogen and oxygen atoms in total. The Hall–Kier alpha value is -3.19. The first-order valence-electron chi connectivity index (χ1n) is 8.76. The van der Waals surface area contributed by atoms with Crippen LogP contribution in [0.4, 0.5) is 5.69 Å². The van der Waals surface area contributed by atoms with Crippen LogP contribution in [0.5, 0.6) is 11.5 Å². The van der Waals surface area contributed by atoms with Crippen molar-refractivity contribution in [2.45, 2.75) is 20.8 Å². The molecule has 1 fully saturated rings. The summed E-state index contributed by atoms with van der Waals surface area (Å²) in [4.78, 5) is 26.8. The Labute approximate surface area is 168 Å². The summed E-state index contributed by atoms with van der Waals surface area (Å²) in [6, 6.07) is 10.4. The van der Waals surface area contributed by atoms with Gasteiger partial charge in [-0.25, -0.2) is 0 Å². The van der Waals surface area contributed by atoms with Crippen LogP contribution in [0.1, 0.15) is 23.6 Å². The number of aryl methyl sites for hydroxylation is 2. The molecule has 7 heteroatoms. The van der Waals surface area contributed by atoms with Crippen molar-refractivity contribution in [3.05, 3.63) is 58.7 Å². The minimum absolute atomic E-state index is 0.0128. The second-order valence-corrected chi connectivity index (χ2v) is 6.78. The molecule has 2 aromatic carbocycles. The Morgan fingerprint density at radius 1 is 1.18 bits per heavy atom. The average Bonchev–Trinajstić information content (AvgIpc) is 2.63. The van der Waals surface area contributed by atoms with Crippen LogP contribution in [0.15, 0.2) is 42.0 Å². The van der Waals surface area contributed by atoms with Crippen molar-refractivity contribution in [3.63, 3.8) is 0 Å². The van der Waals surface area contributed by atoms with Crippen molar-refractivity contribution in [2.24, 2.45) is 0 Å². The molecule has 1 aliphatic heterocycles. The Kier molecular flexibility index (Phi) is 5.46. The van der Waals surface area contributed by atoms with E-state index in [0.717, 1.165) is 0 Å². The molecule has 1 heterocycles. The highest BCUT2D eigenvalue weighted by molar-refractivity contribution is 7.80. The van der Waals surface area contributed by atoms with E-state index < -0.39 is 11.8 Å². The smallest absolute Gasteiger partial charge is 0.270 e. The summed E-state index contributed by atoms with van der Waals surface area (Å²) < 4.78 is 5.48. The minimum atomic E-state index is -0.560. The molecule has 0 aromatic heterocycles. The Bertz CT molecular complexity index is 990. The van der Waals surface area contributed by atoms with Crippen LogP contribution >= 0.6 is 12.2 Å². The van der Waals surface area contributed by atoms with E-state index in [2.05, 4.69) is 5.32 Å². The predicted octanol–water partition coefficient (Wildman–Crippen LogP) is 3.24. The fraction of sp³-hybridized carbons (Fsp3) is 0.190. The normalized spacial score (nSPS) is 15.8. The van der Waals surface area contributed by atoms with Gasteiger partial charge in [0.25, 0.3) is 11.8 Å². The molecule has 1 saturated heterocycles. The van der Waals surface area contributed by atoms with Crippen LogP contribution in [-0.4, -0.2) is 28.6 Å². The zero-order chi connectivity index (χ0) is 20.4. The third kappa shape index (κ3) is 3.75. The largest absolute Gasteiger partial charge is 0.507 e. The number of ether oxygens (including phenoxy) is 1. The van der Waals surface area contributed by atoms with Crippen LogP contribution in [0.2, 0.25) is 0 Å². The van der Waals surface area contributed by atoms with Gasteiger partial charge < -0.3 is 9.84 Å². The quantitative estimate of drug-likeness (QED) is 0.471. The fourth-order valence-corrected chi connectivity index (χ4v) is 3.29. The summed E-state index contributed by atoms with van der Waals surface area (Å²) in [5, 5.41) is 12.5. The van der Waals surface area contributed by atoms with Crippen LogP contribution in [0.3, 0.4) is 0 Å². The van der Waals surface area contributed by atoms with E-state index >= 15 is 0 Å². The molecule has 0 spiro atoms. The predicted molar refractivity (Wildman–Crippen MR) is 111 cm³/mol. The van der Waals surface area contributed by atoms with E-state index in [9.17, 15) is 14.7 Å². The van der Waals surface area contributed by atoms with Gasteiger partial charge in [0.15, 0.2) is 5.11 Å². The lowest BCUT2D eigenvalue weighted by Crippen LogP contribution is -2.54. The van der Waals surface area contributed by atoms with Gasteiger partial charge in [0.05, 0.1) is 12.3 Å². The van der Waals surface area contributed by atoms with Crippen molar-refractivity contribution < 1.29 is 19.4 Å². The van der Waals surface area contributed by atoms with Gasteiger partial charge in [-0.15, -0.1) is 0 Å². The molecule has 2 amide bonds. The summed E-state index contributed by atoms with van der Waals surface area (Å²) in [5.41, 5.74) is 2.42. The highest BCUT2D eigenvalue weighted by Crippen LogP contribution is 2.27. The molecule has 1 aliphatic rings. The molecule has 0 radical (unpaired) electrons. The van der Waals surface area contributed by atoms with Crippen LogP contribution < -0.4 is 15.0 Å². The topological polar surface area (TPSA) is 78.9 Å². The number of benzene rings is 2. The SMILES string of the molecule is CCOc1cccc(N2C(=O)C(=Cc3cc(C)c(O)c(C)c3)C(=O)NC2=S)c1. The maximum absolute atomic E-state index is 13.1. The molecular weight excluding hydrogens is 376 g/mol. The highest BCUT2D eigenvalue weighted by Gasteiger charge is 2.34. The maximum Gasteiger partial charge on any atom is 0.270 e. The Morgan fingerprint density at radius 3 is 2.50 bits per heavy atom. The number of aromatic hydroxyl groups is 1. The average molecular weight is 396 g/mol. The lowest BCUT2D eigenvalue weighted by Gasteiger charge is -2.29. The van der Waals surface area contributed by atoms with Gasteiger partial charge in [0, 0.05) is 6.07 Å². The molecule has 0 unspecified atom stereocenters. The van der Waals surface area contributed by atoms with E-state index in [1.165, 1.54) is 11.0 Å². The van der Waals surface area contributed by atoms with Gasteiger partial charge in [-0.1, -0.05) is 6.07 Å². The van der Waals surface area contributed by atoms with E-state index in [0.29, 0.717) is 34.7 Å². The van der Waals surface area contributed by atoms with Crippen molar-refractivity contribution in [2.75, 3.05) is 11.5 Å². The number of phenolic OH excluding ortho intramolecular Hbond substituents is 1. The number of thiocarbonyl (C=S) groups is 1. The third-order valence-corrected chi connectivity index (χ3v) is 4.60. The summed E-state index contributed by atoms with van der Waals surface area (Å²) in [5.74, 6) is -0.290. The first-order chi connectivity index (χ1) is 13.3. The van der Waals surface area contributed by atoms with E-state index in [-0.39, 0.29) is 16.4 Å². The van der Waals surface area contributed by atoms with Crippen molar-refractivity contribution >= 4 is 40.9 Å². The molecule has 2 aromatic rings. The summed E-state index contributed by atoms with van der Waals surface area (Å²) in [6.45, 7) is 5.87. The second kappa shape index (κ2) is 7.82. The standard InChI is InChI=1S/C21H20N2O4S/c1-4-27-16-7-5-6-15(11-16)23-20(26)17(19(25)22-21(23)28)10-14-8-12(2)18(24)13(3)9-14/h5-11,24H,4H2,1-3H3,(H,22,25,28). The number of carbonyl (C=O) groups excluding carboxylic acids is 2. The lowest BCUT2D eigenvalue weighted by atomic mass is 10.0. The number of rotatable bonds is 4. The number of hydrogen-bond acceptors (Lipinski definition) is 5. The molecule has 0 saturated carbocycles. The lowest BCUT2D eigenvalue weighted by molar-refractivity contribution is -0.122. The number of nitrogens with one attached hydrogen (secondary N) is 1. The number of hydrogen-bond donors (Lipinski definition) is 2. The summed E-state index contributed by atoms with van der Waals surface area (Å²) in [6.07, 6.45) is 1.50. The Balaban J connectivity index is 2.02. The molecular formula is C21H20N2O4S. The third-order valence-electron chi connectivity index (χ3n) is 4.31. The van der Waals surface area contributed by atoms with Crippen molar-refractivity contribution in [1.82, 2.24) is 5.32 Å². The molecule has 0 atom stereocenters. The summed E-state index contributed by atoms with van der Waals surface area (Å²) in [7, 11) is 0. The van der Waals surface area contributed by atoms with E-state index in [1.807, 2.05) is 6.92 Å². The number of nitrogens with zero attached hydrogens (tertiary/aromatic N) is 1. The van der Waals surface area contributed by atoms with Crippen LogP contribution in [0.25, 0.3) is 6.08 Å². The molecule has 3 rings (SSSR count). The zero-order valence-corrected chi connectivity index (χ0v) is 16.6. The monoisotopic (exact) mass is 396 g/mol. The van der Waals surface area contributed by atoms with Crippen LogP contribution in [-0.2, 0) is 9.59 Å². The fourth-order valence-electron chi connectivity index (χ4n) is 3.01. The molecule has 28 heavy (non-hydrogen) atoms. The number of amides is 2. The minimum Gasteiger partial charge on any atom is -0.507 e. The van der Waals surface area contributed by atoms with Gasteiger partial charge >= 0.3 is 0 Å². The van der Waals surface area contributed by atoms with Gasteiger partial charge in [-0.05, 0) is 80.0 Å². The number of phenols is 1. The maximum atomic E-state index is 13.1. The first-order valence-corrected chi connectivity index (χ1v) is 9.17. The highest BCUT2D eigenvalue weighted by atomic mass is 32.1. The molecule has 2 N–H and O–H groups in total. The van der Waals surface area contributed by atoms with Crippen LogP contribution in [0, 0.1) is 13.8 Å². The zero-order valence-electron chi connectivity index (χ0n) is 15.8. The number of carbonyl (C=O) groups is 2.